The average Bonchev–Trinajstić information content (AvgIpc) is 2.42. The second-order valence-corrected chi connectivity index (χ2v) is 5.57. The van der Waals surface area contributed by atoms with E-state index in [2.05, 4.69) is 45.0 Å². The predicted molar refractivity (Wildman–Crippen MR) is 86.8 cm³/mol. The van der Waals surface area contributed by atoms with Gasteiger partial charge in [-0.2, -0.15) is 0 Å². The van der Waals surface area contributed by atoms with Crippen LogP contribution in [0.3, 0.4) is 0 Å². The summed E-state index contributed by atoms with van der Waals surface area (Å²) in [6.45, 7) is 6.50. The molecule has 0 aromatic heterocycles. The van der Waals surface area contributed by atoms with Crippen molar-refractivity contribution in [3.05, 3.63) is 47.0 Å². The van der Waals surface area contributed by atoms with E-state index >= 15 is 0 Å². The Hall–Kier alpha value is -1.04. The normalized spacial score (nSPS) is 12.6. The molecule has 0 unspecified atom stereocenters. The summed E-state index contributed by atoms with van der Waals surface area (Å²) >= 11 is 0. The Morgan fingerprint density at radius 3 is 2.58 bits per heavy atom. The lowest BCUT2D eigenvalue weighted by molar-refractivity contribution is 0.611. The summed E-state index contributed by atoms with van der Waals surface area (Å²) in [5.41, 5.74) is 3.89. The van der Waals surface area contributed by atoms with E-state index in [1.807, 2.05) is 0 Å². The maximum atomic E-state index is 8.08. The van der Waals surface area contributed by atoms with Crippen molar-refractivity contribution in [1.29, 1.82) is 0 Å². The Labute approximate surface area is 121 Å². The fourth-order valence-corrected chi connectivity index (χ4v) is 2.30. The van der Waals surface area contributed by atoms with Gasteiger partial charge in [0.2, 0.25) is 0 Å². The molecule has 0 amide bonds. The summed E-state index contributed by atoms with van der Waals surface area (Å²) in [5.74, 6) is 0. The van der Waals surface area contributed by atoms with Gasteiger partial charge in [-0.25, -0.2) is 0 Å². The van der Waals surface area contributed by atoms with Crippen LogP contribution in [0.15, 0.2) is 30.3 Å². The molecule has 19 heavy (non-hydrogen) atoms. The van der Waals surface area contributed by atoms with Crippen molar-refractivity contribution in [3.8, 4) is 0 Å². The molecule has 0 heteroatoms. The molecule has 0 heterocycles. The van der Waals surface area contributed by atoms with Crippen molar-refractivity contribution >= 4 is 0 Å². The van der Waals surface area contributed by atoms with E-state index in [9.17, 15) is 0 Å². The summed E-state index contributed by atoms with van der Waals surface area (Å²) in [6.07, 6.45) is 11.9. The third-order valence-corrected chi connectivity index (χ3v) is 3.64. The van der Waals surface area contributed by atoms with Gasteiger partial charge in [0.15, 0.2) is 0 Å². The van der Waals surface area contributed by atoms with E-state index in [4.69, 9.17) is 1.37 Å². The molecule has 1 rings (SSSR count). The molecule has 0 saturated heterocycles. The number of aryl methyl sites for hydroxylation is 2. The zero-order valence-electron chi connectivity index (χ0n) is 14.0. The molecule has 0 bridgehead atoms. The van der Waals surface area contributed by atoms with Crippen molar-refractivity contribution in [2.24, 2.45) is 0 Å². The molecule has 0 spiro atoms. The maximum Gasteiger partial charge on any atom is 0.0576 e. The second-order valence-electron chi connectivity index (χ2n) is 5.57. The first-order chi connectivity index (χ1) is 9.63. The lowest BCUT2D eigenvalue weighted by Gasteiger charge is -2.04. The van der Waals surface area contributed by atoms with Crippen LogP contribution in [0.25, 0.3) is 0 Å². The lowest BCUT2D eigenvalue weighted by atomic mass is 10.0. The van der Waals surface area contributed by atoms with Crippen LogP contribution in [0, 0.1) is 13.8 Å². The average molecular weight is 259 g/mol. The standard InChI is InChI=1S/C19H30/c1-4-5-6-7-8-9-10-11-12-13-19-16-17(2)14-15-18(19)3/h11-12,14-16H,4-10,13H2,1-3H3/b12-11+/i12D. The third-order valence-electron chi connectivity index (χ3n) is 3.64. The van der Waals surface area contributed by atoms with E-state index in [1.54, 1.807) is 0 Å². The van der Waals surface area contributed by atoms with Crippen molar-refractivity contribution in [2.75, 3.05) is 0 Å². The van der Waals surface area contributed by atoms with Crippen LogP contribution in [0.1, 0.15) is 69.9 Å². The molecule has 1 aromatic carbocycles. The third kappa shape index (κ3) is 7.20. The first-order valence-electron chi connectivity index (χ1n) is 8.35. The first kappa shape index (κ1) is 14.4. The van der Waals surface area contributed by atoms with E-state index in [0.717, 1.165) is 18.9 Å². The van der Waals surface area contributed by atoms with Gasteiger partial charge >= 0.3 is 0 Å². The minimum Gasteiger partial charge on any atom is -0.0882 e. The zero-order chi connectivity index (χ0) is 14.8. The Bertz CT molecular complexity index is 418. The van der Waals surface area contributed by atoms with Gasteiger partial charge in [0, 0.05) is 0 Å². The molecule has 0 aliphatic heterocycles. The molecule has 0 fully saturated rings. The maximum absolute atomic E-state index is 8.08. The highest BCUT2D eigenvalue weighted by atomic mass is 14.0. The second kappa shape index (κ2) is 9.83. The highest BCUT2D eigenvalue weighted by Crippen LogP contribution is 2.12. The minimum absolute atomic E-state index is 0.771. The van der Waals surface area contributed by atoms with E-state index in [-0.39, 0.29) is 0 Å². The van der Waals surface area contributed by atoms with Crippen LogP contribution < -0.4 is 0 Å². The number of allylic oxidation sites excluding steroid dienone is 2. The van der Waals surface area contributed by atoms with E-state index in [0.29, 0.717) is 0 Å². The van der Waals surface area contributed by atoms with Crippen LogP contribution in [-0.2, 0) is 6.42 Å². The first-order valence-corrected chi connectivity index (χ1v) is 7.85. The van der Waals surface area contributed by atoms with Gasteiger partial charge in [-0.3, -0.25) is 0 Å². The lowest BCUT2D eigenvalue weighted by Crippen LogP contribution is -1.88. The van der Waals surface area contributed by atoms with Gasteiger partial charge < -0.3 is 0 Å². The molecule has 0 nitrogen and oxygen atoms in total. The fourth-order valence-electron chi connectivity index (χ4n) is 2.30. The molecular weight excluding hydrogens is 228 g/mol. The van der Waals surface area contributed by atoms with E-state index in [1.165, 1.54) is 55.2 Å². The summed E-state index contributed by atoms with van der Waals surface area (Å²) < 4.78 is 8.08. The van der Waals surface area contributed by atoms with Gasteiger partial charge in [-0.15, -0.1) is 0 Å². The fraction of sp³-hybridized carbons (Fsp3) is 0.579. The number of rotatable bonds is 9. The highest BCUT2D eigenvalue weighted by molar-refractivity contribution is 5.31. The van der Waals surface area contributed by atoms with Gasteiger partial charge in [0.05, 0.1) is 1.37 Å². The van der Waals surface area contributed by atoms with Crippen molar-refractivity contribution in [2.45, 2.75) is 72.1 Å². The Kier molecular flexibility index (Phi) is 7.44. The number of unbranched alkanes of at least 4 members (excludes halogenated alkanes) is 6. The van der Waals surface area contributed by atoms with Crippen molar-refractivity contribution in [1.82, 2.24) is 0 Å². The summed E-state index contributed by atoms with van der Waals surface area (Å²) in [5, 5.41) is 0. The number of benzene rings is 1. The smallest absolute Gasteiger partial charge is 0.0576 e. The zero-order valence-corrected chi connectivity index (χ0v) is 13.0. The summed E-state index contributed by atoms with van der Waals surface area (Å²) in [6, 6.07) is 7.28. The topological polar surface area (TPSA) is 0 Å². The molecule has 0 aliphatic carbocycles. The molecule has 0 N–H and O–H groups in total. The summed E-state index contributed by atoms with van der Waals surface area (Å²) in [7, 11) is 0. The molecular formula is C19H30. The Morgan fingerprint density at radius 1 is 1.05 bits per heavy atom. The molecule has 1 aromatic rings. The van der Waals surface area contributed by atoms with Crippen LogP contribution in [0.2, 0.25) is 0 Å². The number of hydrogen-bond acceptors (Lipinski definition) is 0. The Balaban J connectivity index is 2.29. The molecule has 0 aliphatic rings. The van der Waals surface area contributed by atoms with Crippen LogP contribution in [0.5, 0.6) is 0 Å². The number of hydrogen-bond donors (Lipinski definition) is 0. The van der Waals surface area contributed by atoms with Crippen molar-refractivity contribution in [3.63, 3.8) is 0 Å². The molecule has 0 radical (unpaired) electrons. The minimum atomic E-state index is 0.771. The van der Waals surface area contributed by atoms with Gasteiger partial charge in [0.25, 0.3) is 0 Å². The molecule has 106 valence electrons. The molecule has 0 saturated carbocycles. The molecule has 0 atom stereocenters. The quantitative estimate of drug-likeness (QED) is 0.368. The SMILES string of the molecule is [2H]/C(=C\CCCCCCCC)Cc1cc(C)ccc1C. The van der Waals surface area contributed by atoms with E-state index < -0.39 is 0 Å². The predicted octanol–water partition coefficient (Wildman–Crippen LogP) is 6.15. The Morgan fingerprint density at radius 2 is 1.79 bits per heavy atom. The highest BCUT2D eigenvalue weighted by Gasteiger charge is 1.95. The van der Waals surface area contributed by atoms with Crippen LogP contribution >= 0.6 is 0 Å². The largest absolute Gasteiger partial charge is 0.0882 e. The van der Waals surface area contributed by atoms with Crippen molar-refractivity contribution < 1.29 is 1.37 Å². The van der Waals surface area contributed by atoms with Crippen LogP contribution in [-0.4, -0.2) is 0 Å². The monoisotopic (exact) mass is 259 g/mol. The summed E-state index contributed by atoms with van der Waals surface area (Å²) in [4.78, 5) is 0. The van der Waals surface area contributed by atoms with Gasteiger partial charge in [-0.05, 0) is 44.2 Å². The van der Waals surface area contributed by atoms with Crippen LogP contribution in [0.4, 0.5) is 0 Å². The van der Waals surface area contributed by atoms with Gasteiger partial charge in [0.1, 0.15) is 0 Å². The van der Waals surface area contributed by atoms with Gasteiger partial charge in [-0.1, -0.05) is 74.9 Å².